The van der Waals surface area contributed by atoms with Crippen LogP contribution >= 0.6 is 11.3 Å². The Hall–Kier alpha value is -2.21. The monoisotopic (exact) mass is 287 g/mol. The molecule has 2 aromatic heterocycles. The van der Waals surface area contributed by atoms with Gasteiger partial charge >= 0.3 is 0 Å². The number of anilines is 1. The second kappa shape index (κ2) is 4.72. The number of pyridine rings is 1. The molecule has 3 rings (SSSR count). The highest BCUT2D eigenvalue weighted by molar-refractivity contribution is 7.17. The summed E-state index contributed by atoms with van der Waals surface area (Å²) in [6.07, 6.45) is 2.66. The topological polar surface area (TPSA) is 89.1 Å². The first kappa shape index (κ1) is 12.8. The summed E-state index contributed by atoms with van der Waals surface area (Å²) in [6, 6.07) is 3.56. The molecule has 0 atom stereocenters. The summed E-state index contributed by atoms with van der Waals surface area (Å²) in [6.45, 7) is 1.87. The normalized spacial score (nSPS) is 16.9. The van der Waals surface area contributed by atoms with E-state index in [2.05, 4.69) is 9.97 Å². The standard InChI is InChI=1S/C14H13N3O2S/c1-7-2-3-8(6-16-7)11(18)9-4-5-10-13(12(9)19)20-14(15)17-10/h2-3,6,18H,4-5H2,1H3,(H2,15,17). The number of hydrogen-bond donors (Lipinski definition) is 2. The number of rotatable bonds is 1. The summed E-state index contributed by atoms with van der Waals surface area (Å²) in [7, 11) is 0. The summed E-state index contributed by atoms with van der Waals surface area (Å²) < 4.78 is 0. The second-order valence-electron chi connectivity index (χ2n) is 4.67. The number of nitrogen functional groups attached to an aromatic ring is 1. The molecular weight excluding hydrogens is 274 g/mol. The van der Waals surface area contributed by atoms with E-state index in [0.29, 0.717) is 34.0 Å². The van der Waals surface area contributed by atoms with Crippen molar-refractivity contribution >= 4 is 28.0 Å². The summed E-state index contributed by atoms with van der Waals surface area (Å²) in [5, 5.41) is 10.7. The van der Waals surface area contributed by atoms with E-state index in [4.69, 9.17) is 5.73 Å². The van der Waals surface area contributed by atoms with Gasteiger partial charge in [-0.15, -0.1) is 0 Å². The van der Waals surface area contributed by atoms with Crippen LogP contribution in [0.3, 0.4) is 0 Å². The fourth-order valence-electron chi connectivity index (χ4n) is 2.22. The molecular formula is C14H13N3O2S. The smallest absolute Gasteiger partial charge is 0.204 e. The molecule has 1 aliphatic carbocycles. The van der Waals surface area contributed by atoms with Crippen LogP contribution in [0.4, 0.5) is 5.13 Å². The highest BCUT2D eigenvalue weighted by Gasteiger charge is 2.28. The minimum atomic E-state index is -0.182. The third kappa shape index (κ3) is 2.08. The number of nitrogens with two attached hydrogens (primary N) is 1. The van der Waals surface area contributed by atoms with Crippen LogP contribution in [0.25, 0.3) is 5.76 Å². The van der Waals surface area contributed by atoms with E-state index in [9.17, 15) is 9.90 Å². The lowest BCUT2D eigenvalue weighted by molar-refractivity contribution is 0.102. The molecule has 102 valence electrons. The number of aryl methyl sites for hydroxylation is 2. The van der Waals surface area contributed by atoms with Gasteiger partial charge in [-0.05, 0) is 31.9 Å². The number of fused-ring (bicyclic) bond motifs is 1. The number of carbonyl (C=O) groups excluding carboxylic acids is 1. The minimum absolute atomic E-state index is 0.000112. The van der Waals surface area contributed by atoms with Crippen molar-refractivity contribution in [2.45, 2.75) is 19.8 Å². The van der Waals surface area contributed by atoms with Crippen molar-refractivity contribution in [2.24, 2.45) is 0 Å². The zero-order valence-corrected chi connectivity index (χ0v) is 11.7. The molecule has 0 amide bonds. The molecule has 0 fully saturated rings. The number of nitrogens with zero attached hydrogens (tertiary/aromatic N) is 2. The van der Waals surface area contributed by atoms with Gasteiger partial charge in [0.2, 0.25) is 5.78 Å². The van der Waals surface area contributed by atoms with Gasteiger partial charge in [0, 0.05) is 23.0 Å². The highest BCUT2D eigenvalue weighted by Crippen LogP contribution is 2.33. The minimum Gasteiger partial charge on any atom is -0.507 e. The van der Waals surface area contributed by atoms with Gasteiger partial charge < -0.3 is 10.8 Å². The highest BCUT2D eigenvalue weighted by atomic mass is 32.1. The van der Waals surface area contributed by atoms with Gasteiger partial charge in [-0.1, -0.05) is 11.3 Å². The lowest BCUT2D eigenvalue weighted by Gasteiger charge is -2.14. The largest absolute Gasteiger partial charge is 0.507 e. The Morgan fingerprint density at radius 3 is 2.90 bits per heavy atom. The number of thiazole rings is 1. The van der Waals surface area contributed by atoms with E-state index < -0.39 is 0 Å². The number of allylic oxidation sites excluding steroid dienone is 1. The van der Waals surface area contributed by atoms with Crippen LogP contribution in [0.1, 0.15) is 33.0 Å². The summed E-state index contributed by atoms with van der Waals surface area (Å²) in [5.41, 5.74) is 8.19. The number of hydrogen-bond acceptors (Lipinski definition) is 6. The van der Waals surface area contributed by atoms with Gasteiger partial charge in [-0.3, -0.25) is 9.78 Å². The van der Waals surface area contributed by atoms with Crippen molar-refractivity contribution in [3.63, 3.8) is 0 Å². The number of Topliss-reactive ketones (excluding diaryl/α,β-unsaturated/α-hetero) is 1. The summed E-state index contributed by atoms with van der Waals surface area (Å²) in [5.74, 6) is -0.182. The van der Waals surface area contributed by atoms with Crippen molar-refractivity contribution in [1.82, 2.24) is 9.97 Å². The number of ketones is 1. The summed E-state index contributed by atoms with van der Waals surface area (Å²) in [4.78, 5) is 21.2. The molecule has 2 heterocycles. The van der Waals surface area contributed by atoms with Gasteiger partial charge in [0.05, 0.1) is 10.6 Å². The molecule has 6 heteroatoms. The zero-order valence-electron chi connectivity index (χ0n) is 10.9. The SMILES string of the molecule is Cc1ccc(C(O)=C2CCc3nc(N)sc3C2=O)cn1. The van der Waals surface area contributed by atoms with Gasteiger partial charge in [0.1, 0.15) is 5.76 Å². The predicted octanol–water partition coefficient (Wildman–Crippen LogP) is 2.53. The van der Waals surface area contributed by atoms with Gasteiger partial charge in [-0.25, -0.2) is 4.98 Å². The fourth-order valence-corrected chi connectivity index (χ4v) is 3.07. The van der Waals surface area contributed by atoms with Gasteiger partial charge in [0.15, 0.2) is 5.13 Å². The van der Waals surface area contributed by atoms with Crippen LogP contribution in [0.2, 0.25) is 0 Å². The Kier molecular flexibility index (Phi) is 3.02. The Morgan fingerprint density at radius 2 is 2.20 bits per heavy atom. The molecule has 0 radical (unpaired) electrons. The van der Waals surface area contributed by atoms with Gasteiger partial charge in [0.25, 0.3) is 0 Å². The third-order valence-corrected chi connectivity index (χ3v) is 4.20. The fraction of sp³-hybridized carbons (Fsp3) is 0.214. The lowest BCUT2D eigenvalue weighted by atomic mass is 9.93. The van der Waals surface area contributed by atoms with Crippen molar-refractivity contribution in [3.05, 3.63) is 45.7 Å². The molecule has 1 aliphatic rings. The van der Waals surface area contributed by atoms with Crippen LogP contribution in [0, 0.1) is 6.92 Å². The second-order valence-corrected chi connectivity index (χ2v) is 5.70. The van der Waals surface area contributed by atoms with Crippen LogP contribution in [0.15, 0.2) is 23.9 Å². The van der Waals surface area contributed by atoms with E-state index >= 15 is 0 Å². The van der Waals surface area contributed by atoms with Crippen molar-refractivity contribution in [2.75, 3.05) is 5.73 Å². The molecule has 0 saturated heterocycles. The van der Waals surface area contributed by atoms with E-state index in [0.717, 1.165) is 11.4 Å². The van der Waals surface area contributed by atoms with Crippen molar-refractivity contribution in [3.8, 4) is 0 Å². The maximum Gasteiger partial charge on any atom is 0.204 e. The average molecular weight is 287 g/mol. The molecule has 0 saturated carbocycles. The molecule has 0 spiro atoms. The van der Waals surface area contributed by atoms with Crippen LogP contribution in [-0.4, -0.2) is 20.9 Å². The predicted molar refractivity (Wildman–Crippen MR) is 77.7 cm³/mol. The maximum absolute atomic E-state index is 12.4. The molecule has 0 aromatic carbocycles. The quantitative estimate of drug-likeness (QED) is 0.621. The zero-order chi connectivity index (χ0) is 14.3. The van der Waals surface area contributed by atoms with E-state index in [1.165, 1.54) is 11.3 Å². The Labute approximate surface area is 119 Å². The van der Waals surface area contributed by atoms with Gasteiger partial charge in [-0.2, -0.15) is 0 Å². The molecule has 20 heavy (non-hydrogen) atoms. The first-order valence-electron chi connectivity index (χ1n) is 6.21. The first-order chi connectivity index (χ1) is 9.56. The van der Waals surface area contributed by atoms with E-state index in [-0.39, 0.29) is 11.5 Å². The molecule has 0 unspecified atom stereocenters. The molecule has 3 N–H and O–H groups in total. The molecule has 2 aromatic rings. The Morgan fingerprint density at radius 1 is 1.40 bits per heavy atom. The number of aromatic nitrogens is 2. The number of aliphatic hydroxyl groups is 1. The molecule has 0 aliphatic heterocycles. The third-order valence-electron chi connectivity index (χ3n) is 3.28. The van der Waals surface area contributed by atoms with Crippen LogP contribution in [-0.2, 0) is 6.42 Å². The van der Waals surface area contributed by atoms with Crippen molar-refractivity contribution in [1.29, 1.82) is 0 Å². The average Bonchev–Trinajstić information content (AvgIpc) is 2.81. The van der Waals surface area contributed by atoms with Crippen molar-refractivity contribution < 1.29 is 9.90 Å². The molecule has 5 nitrogen and oxygen atoms in total. The van der Waals surface area contributed by atoms with E-state index in [1.807, 2.05) is 6.92 Å². The van der Waals surface area contributed by atoms with Crippen LogP contribution < -0.4 is 5.73 Å². The van der Waals surface area contributed by atoms with Crippen LogP contribution in [0.5, 0.6) is 0 Å². The Bertz CT molecular complexity index is 717. The maximum atomic E-state index is 12.4. The van der Waals surface area contributed by atoms with E-state index in [1.54, 1.807) is 18.3 Å². The number of aliphatic hydroxyl groups excluding tert-OH is 1. The Balaban J connectivity index is 2.04. The number of carbonyl (C=O) groups is 1. The lowest BCUT2D eigenvalue weighted by Crippen LogP contribution is -2.14. The first-order valence-corrected chi connectivity index (χ1v) is 7.03. The summed E-state index contributed by atoms with van der Waals surface area (Å²) >= 11 is 1.17. The molecule has 0 bridgehead atoms.